The molecule has 1 aliphatic rings. The fraction of sp³-hybridized carbons (Fsp3) is 0.143. The van der Waals surface area contributed by atoms with E-state index in [0.29, 0.717) is 0 Å². The van der Waals surface area contributed by atoms with Crippen LogP contribution in [0.4, 0.5) is 5.69 Å². The highest BCUT2D eigenvalue weighted by Gasteiger charge is 2.12. The van der Waals surface area contributed by atoms with Crippen molar-refractivity contribution in [2.45, 2.75) is 12.8 Å². The van der Waals surface area contributed by atoms with E-state index in [9.17, 15) is 0 Å². The van der Waals surface area contributed by atoms with Gasteiger partial charge in [-0.3, -0.25) is 0 Å². The molecule has 114 valence electrons. The lowest BCUT2D eigenvalue weighted by atomic mass is 9.78. The Morgan fingerprint density at radius 1 is 0.913 bits per heavy atom. The molecule has 1 N–H and O–H groups in total. The second kappa shape index (κ2) is 7.19. The lowest BCUT2D eigenvalue weighted by Crippen LogP contribution is -1.98. The van der Waals surface area contributed by atoms with E-state index >= 15 is 0 Å². The van der Waals surface area contributed by atoms with E-state index < -0.39 is 0 Å². The van der Waals surface area contributed by atoms with Crippen LogP contribution in [0.15, 0.2) is 78.4 Å². The maximum Gasteiger partial charge on any atom is 0.140 e. The minimum Gasteiger partial charge on any atom is -0.388 e. The van der Waals surface area contributed by atoms with Gasteiger partial charge in [-0.05, 0) is 47.2 Å². The predicted octanol–water partition coefficient (Wildman–Crippen LogP) is 4.51. The topological polar surface area (TPSA) is 12.0 Å². The Morgan fingerprint density at radius 2 is 1.65 bits per heavy atom. The van der Waals surface area contributed by atoms with Crippen molar-refractivity contribution in [1.29, 1.82) is 0 Å². The molecule has 0 saturated carbocycles. The van der Waals surface area contributed by atoms with Crippen LogP contribution in [0.1, 0.15) is 24.0 Å². The van der Waals surface area contributed by atoms with E-state index in [1.165, 1.54) is 27.7 Å². The number of hydrogen-bond donors (Lipinski definition) is 1. The van der Waals surface area contributed by atoms with Gasteiger partial charge in [0, 0.05) is 12.7 Å². The van der Waals surface area contributed by atoms with Crippen LogP contribution in [0.25, 0.3) is 11.0 Å². The second-order valence-electron chi connectivity index (χ2n) is 5.83. The number of nitrogens with one attached hydrogen (secondary N) is 1. The summed E-state index contributed by atoms with van der Waals surface area (Å²) in [6, 6.07) is 19.3. The molecule has 0 amide bonds. The van der Waals surface area contributed by atoms with E-state index in [1.54, 1.807) is 0 Å². The van der Waals surface area contributed by atoms with E-state index in [4.69, 9.17) is 0 Å². The number of benzene rings is 2. The van der Waals surface area contributed by atoms with Gasteiger partial charge >= 0.3 is 0 Å². The summed E-state index contributed by atoms with van der Waals surface area (Å²) in [4.78, 5) is 0. The fourth-order valence-electron chi connectivity index (χ4n) is 3.03. The first kappa shape index (κ1) is 15.4. The average Bonchev–Trinajstić information content (AvgIpc) is 2.64. The Bertz CT molecular complexity index is 752. The van der Waals surface area contributed by atoms with Crippen molar-refractivity contribution in [3.8, 4) is 0 Å². The summed E-state index contributed by atoms with van der Waals surface area (Å²) in [7, 11) is 4.17. The van der Waals surface area contributed by atoms with Gasteiger partial charge in [0.25, 0.3) is 0 Å². The lowest BCUT2D eigenvalue weighted by molar-refractivity contribution is 1.03. The lowest BCUT2D eigenvalue weighted by Gasteiger charge is -2.17. The van der Waals surface area contributed by atoms with Gasteiger partial charge in [0.05, 0.1) is 0 Å². The summed E-state index contributed by atoms with van der Waals surface area (Å²) in [6.07, 6.45) is 9.15. The molecule has 0 saturated heterocycles. The number of allylic oxidation sites excluding steroid dienone is 5. The zero-order valence-corrected chi connectivity index (χ0v) is 13.8. The number of hydrogen-bond acceptors (Lipinski definition) is 1. The summed E-state index contributed by atoms with van der Waals surface area (Å²) in [5.41, 5.74) is 7.66. The predicted molar refractivity (Wildman–Crippen MR) is 104 cm³/mol. The fourth-order valence-corrected chi connectivity index (χ4v) is 3.03. The molecule has 0 aromatic heterocycles. The van der Waals surface area contributed by atoms with Crippen LogP contribution in [-0.2, 0) is 0 Å². The largest absolute Gasteiger partial charge is 0.388 e. The highest BCUT2D eigenvalue weighted by molar-refractivity contribution is 6.47. The molecule has 1 nitrogen and oxygen atoms in total. The summed E-state index contributed by atoms with van der Waals surface area (Å²) in [5, 5.41) is 3.19. The van der Waals surface area contributed by atoms with Crippen molar-refractivity contribution in [1.82, 2.24) is 0 Å². The molecule has 23 heavy (non-hydrogen) atoms. The van der Waals surface area contributed by atoms with Gasteiger partial charge in [0.2, 0.25) is 0 Å². The van der Waals surface area contributed by atoms with E-state index in [0.717, 1.165) is 18.5 Å². The molecule has 0 fully saturated rings. The summed E-state index contributed by atoms with van der Waals surface area (Å²) >= 11 is 0. The molecule has 1 aliphatic carbocycles. The van der Waals surface area contributed by atoms with Crippen molar-refractivity contribution in [2.24, 2.45) is 0 Å². The molecule has 2 heteroatoms. The molecule has 0 radical (unpaired) electrons. The maximum absolute atomic E-state index is 3.19. The third-order valence-corrected chi connectivity index (χ3v) is 4.33. The van der Waals surface area contributed by atoms with Gasteiger partial charge in [0.15, 0.2) is 0 Å². The first-order chi connectivity index (χ1) is 11.3. The second-order valence-corrected chi connectivity index (χ2v) is 5.83. The molecule has 0 aliphatic heterocycles. The van der Waals surface area contributed by atoms with Crippen molar-refractivity contribution >= 4 is 24.6 Å². The highest BCUT2D eigenvalue weighted by atomic mass is 14.8. The van der Waals surface area contributed by atoms with Crippen LogP contribution in [0.3, 0.4) is 0 Å². The van der Waals surface area contributed by atoms with E-state index in [2.05, 4.69) is 86.0 Å². The van der Waals surface area contributed by atoms with E-state index in [1.807, 2.05) is 7.05 Å². The summed E-state index contributed by atoms with van der Waals surface area (Å²) in [5.74, 6) is 0. The normalized spacial score (nSPS) is 14.9. The highest BCUT2D eigenvalue weighted by Crippen LogP contribution is 2.33. The zero-order valence-electron chi connectivity index (χ0n) is 13.8. The molecular formula is C21H22BN. The first-order valence-corrected chi connectivity index (χ1v) is 8.21. The number of rotatable bonds is 4. The summed E-state index contributed by atoms with van der Waals surface area (Å²) < 4.78 is 0. The van der Waals surface area contributed by atoms with Gasteiger partial charge < -0.3 is 5.32 Å². The quantitative estimate of drug-likeness (QED) is 0.647. The van der Waals surface area contributed by atoms with Crippen LogP contribution < -0.4 is 5.32 Å². The molecular weight excluding hydrogens is 277 g/mol. The first-order valence-electron chi connectivity index (χ1n) is 8.21. The van der Waals surface area contributed by atoms with Gasteiger partial charge in [-0.2, -0.15) is 0 Å². The molecule has 0 heterocycles. The van der Waals surface area contributed by atoms with Gasteiger partial charge in [-0.1, -0.05) is 66.2 Å². The average molecular weight is 299 g/mol. The van der Waals surface area contributed by atoms with Gasteiger partial charge in [-0.25, -0.2) is 0 Å². The Labute approximate surface area is 139 Å². The third kappa shape index (κ3) is 3.48. The van der Waals surface area contributed by atoms with Crippen molar-refractivity contribution in [3.63, 3.8) is 0 Å². The smallest absolute Gasteiger partial charge is 0.140 e. The minimum atomic E-state index is 1.12. The Balaban J connectivity index is 2.13. The molecule has 3 rings (SSSR count). The van der Waals surface area contributed by atoms with Crippen LogP contribution in [-0.4, -0.2) is 14.9 Å². The van der Waals surface area contributed by atoms with Gasteiger partial charge in [0.1, 0.15) is 7.85 Å². The van der Waals surface area contributed by atoms with Crippen molar-refractivity contribution in [2.75, 3.05) is 12.4 Å². The van der Waals surface area contributed by atoms with Crippen molar-refractivity contribution < 1.29 is 0 Å². The SMILES string of the molecule is B/C(=C(\C1=CCCC=C1)c1ccc(NC)cc1)c1ccccc1. The van der Waals surface area contributed by atoms with E-state index in [-0.39, 0.29) is 0 Å². The Kier molecular flexibility index (Phi) is 4.82. The van der Waals surface area contributed by atoms with Crippen LogP contribution >= 0.6 is 0 Å². The molecule has 0 spiro atoms. The van der Waals surface area contributed by atoms with Crippen LogP contribution in [0, 0.1) is 0 Å². The maximum atomic E-state index is 3.19. The molecule has 2 aromatic rings. The van der Waals surface area contributed by atoms with Crippen LogP contribution in [0.2, 0.25) is 0 Å². The zero-order chi connectivity index (χ0) is 16.1. The Hall–Kier alpha value is -2.48. The molecule has 0 bridgehead atoms. The molecule has 2 aromatic carbocycles. The monoisotopic (exact) mass is 299 g/mol. The van der Waals surface area contributed by atoms with Crippen molar-refractivity contribution in [3.05, 3.63) is 89.5 Å². The summed E-state index contributed by atoms with van der Waals surface area (Å²) in [6.45, 7) is 0. The third-order valence-electron chi connectivity index (χ3n) is 4.33. The molecule has 0 atom stereocenters. The Morgan fingerprint density at radius 3 is 2.26 bits per heavy atom. The molecule has 0 unspecified atom stereocenters. The minimum absolute atomic E-state index is 1.12. The standard InChI is InChI=1S/C21H22BN/c1-23-19-14-12-17(13-15-19)20(16-8-4-2-5-9-16)21(22)18-10-6-3-7-11-18/h3-4,6-15,23H,2,5,22H2,1H3/b21-20+. The van der Waals surface area contributed by atoms with Crippen LogP contribution in [0.5, 0.6) is 0 Å². The van der Waals surface area contributed by atoms with Gasteiger partial charge in [-0.15, -0.1) is 0 Å². The number of anilines is 1.